The summed E-state index contributed by atoms with van der Waals surface area (Å²) in [5.41, 5.74) is 2.45. The van der Waals surface area contributed by atoms with Crippen molar-refractivity contribution in [3.05, 3.63) is 78.9 Å². The summed E-state index contributed by atoms with van der Waals surface area (Å²) in [4.78, 5) is 0. The number of fused-ring (bicyclic) bond motifs is 2. The van der Waals surface area contributed by atoms with Crippen LogP contribution in [-0.2, 0) is 9.05 Å². The molecule has 0 aliphatic rings. The quantitative estimate of drug-likeness (QED) is 0.351. The molecule has 0 aliphatic heterocycles. The standard InChI is InChI=1S/C24H23O2P/c1-3-25-27(26-4-2)23-17-16-19-11-6-8-14-21(19)24(23)22-15-9-12-18-10-5-7-13-20(18)22/h5-17H,3-4H2,1-2H3. The van der Waals surface area contributed by atoms with Crippen molar-refractivity contribution < 1.29 is 9.05 Å². The zero-order valence-corrected chi connectivity index (χ0v) is 16.6. The first-order valence-electron chi connectivity index (χ1n) is 9.39. The van der Waals surface area contributed by atoms with Crippen molar-refractivity contribution in [1.82, 2.24) is 0 Å². The Morgan fingerprint density at radius 2 is 1.22 bits per heavy atom. The summed E-state index contributed by atoms with van der Waals surface area (Å²) in [7, 11) is -1.13. The Labute approximate surface area is 161 Å². The molecule has 0 fully saturated rings. The summed E-state index contributed by atoms with van der Waals surface area (Å²) >= 11 is 0. The molecular weight excluding hydrogens is 351 g/mol. The average molecular weight is 374 g/mol. The van der Waals surface area contributed by atoms with Gasteiger partial charge in [0.2, 0.25) is 8.38 Å². The van der Waals surface area contributed by atoms with Crippen LogP contribution in [0.2, 0.25) is 0 Å². The fourth-order valence-corrected chi connectivity index (χ4v) is 4.99. The molecule has 0 amide bonds. The molecule has 0 radical (unpaired) electrons. The third-order valence-electron chi connectivity index (χ3n) is 4.66. The molecule has 27 heavy (non-hydrogen) atoms. The molecule has 0 N–H and O–H groups in total. The monoisotopic (exact) mass is 374 g/mol. The van der Waals surface area contributed by atoms with Crippen molar-refractivity contribution in [2.75, 3.05) is 13.2 Å². The maximum absolute atomic E-state index is 6.03. The van der Waals surface area contributed by atoms with Crippen LogP contribution in [0.3, 0.4) is 0 Å². The lowest BCUT2D eigenvalue weighted by atomic mass is 9.94. The molecule has 0 spiro atoms. The van der Waals surface area contributed by atoms with Crippen LogP contribution < -0.4 is 5.30 Å². The largest absolute Gasteiger partial charge is 0.331 e. The van der Waals surface area contributed by atoms with Crippen molar-refractivity contribution in [2.45, 2.75) is 13.8 Å². The number of rotatable bonds is 6. The highest BCUT2D eigenvalue weighted by molar-refractivity contribution is 7.56. The first-order valence-corrected chi connectivity index (χ1v) is 10.6. The van der Waals surface area contributed by atoms with E-state index in [0.29, 0.717) is 13.2 Å². The second kappa shape index (κ2) is 8.19. The molecular formula is C24H23O2P. The average Bonchev–Trinajstić information content (AvgIpc) is 2.72. The van der Waals surface area contributed by atoms with Gasteiger partial charge in [0.15, 0.2) is 0 Å². The van der Waals surface area contributed by atoms with E-state index in [0.717, 1.165) is 5.30 Å². The van der Waals surface area contributed by atoms with Crippen molar-refractivity contribution in [3.8, 4) is 11.1 Å². The Morgan fingerprint density at radius 3 is 1.93 bits per heavy atom. The van der Waals surface area contributed by atoms with Crippen molar-refractivity contribution in [3.63, 3.8) is 0 Å². The van der Waals surface area contributed by atoms with E-state index in [2.05, 4.69) is 78.9 Å². The van der Waals surface area contributed by atoms with Gasteiger partial charge in [0, 0.05) is 10.9 Å². The summed E-state index contributed by atoms with van der Waals surface area (Å²) in [5.74, 6) is 0. The highest BCUT2D eigenvalue weighted by atomic mass is 31.2. The van der Waals surface area contributed by atoms with E-state index < -0.39 is 8.38 Å². The summed E-state index contributed by atoms with van der Waals surface area (Å²) in [5, 5.41) is 6.10. The van der Waals surface area contributed by atoms with Gasteiger partial charge in [-0.15, -0.1) is 0 Å². The Bertz CT molecular complexity index is 1060. The highest BCUT2D eigenvalue weighted by Crippen LogP contribution is 2.44. The van der Waals surface area contributed by atoms with Gasteiger partial charge in [-0.3, -0.25) is 0 Å². The van der Waals surface area contributed by atoms with E-state index in [9.17, 15) is 0 Å². The van der Waals surface area contributed by atoms with Crippen molar-refractivity contribution in [1.29, 1.82) is 0 Å². The Morgan fingerprint density at radius 1 is 0.630 bits per heavy atom. The number of benzene rings is 4. The van der Waals surface area contributed by atoms with Gasteiger partial charge in [0.1, 0.15) is 0 Å². The molecule has 0 bridgehead atoms. The minimum atomic E-state index is -1.13. The van der Waals surface area contributed by atoms with Crippen LogP contribution >= 0.6 is 8.38 Å². The summed E-state index contributed by atoms with van der Waals surface area (Å²) in [6, 6.07) is 27.9. The fraction of sp³-hybridized carbons (Fsp3) is 0.167. The van der Waals surface area contributed by atoms with Gasteiger partial charge in [-0.2, -0.15) is 0 Å². The van der Waals surface area contributed by atoms with Gasteiger partial charge >= 0.3 is 0 Å². The molecule has 136 valence electrons. The molecule has 4 aromatic carbocycles. The van der Waals surface area contributed by atoms with E-state index >= 15 is 0 Å². The predicted molar refractivity (Wildman–Crippen MR) is 117 cm³/mol. The van der Waals surface area contributed by atoms with Gasteiger partial charge in [-0.1, -0.05) is 72.8 Å². The number of hydrogen-bond acceptors (Lipinski definition) is 2. The van der Waals surface area contributed by atoms with E-state index in [1.54, 1.807) is 0 Å². The lowest BCUT2D eigenvalue weighted by molar-refractivity contribution is 0.277. The van der Waals surface area contributed by atoms with Crippen molar-refractivity contribution >= 4 is 35.2 Å². The Kier molecular flexibility index (Phi) is 5.50. The molecule has 0 aromatic heterocycles. The van der Waals surface area contributed by atoms with Crippen LogP contribution in [0.25, 0.3) is 32.7 Å². The SMILES string of the molecule is CCOP(OCC)c1ccc2ccccc2c1-c1cccc2ccccc12. The van der Waals surface area contributed by atoms with Crippen LogP contribution in [-0.4, -0.2) is 13.2 Å². The minimum Gasteiger partial charge on any atom is -0.331 e. The fourth-order valence-electron chi connectivity index (χ4n) is 3.55. The second-order valence-electron chi connectivity index (χ2n) is 6.30. The molecule has 2 nitrogen and oxygen atoms in total. The van der Waals surface area contributed by atoms with Gasteiger partial charge in [0.05, 0.1) is 13.2 Å². The minimum absolute atomic E-state index is 0.632. The Hall–Kier alpha value is -2.25. The maximum Gasteiger partial charge on any atom is 0.205 e. The number of hydrogen-bond donors (Lipinski definition) is 0. The van der Waals surface area contributed by atoms with E-state index in [1.165, 1.54) is 32.7 Å². The van der Waals surface area contributed by atoms with Gasteiger partial charge in [-0.05, 0) is 47.0 Å². The third-order valence-corrected chi connectivity index (χ3v) is 6.41. The summed E-state index contributed by atoms with van der Waals surface area (Å²) in [6.45, 7) is 5.31. The van der Waals surface area contributed by atoms with Gasteiger partial charge in [-0.25, -0.2) is 0 Å². The highest BCUT2D eigenvalue weighted by Gasteiger charge is 2.21. The van der Waals surface area contributed by atoms with Crippen LogP contribution in [0.4, 0.5) is 0 Å². The molecule has 0 saturated carbocycles. The predicted octanol–water partition coefficient (Wildman–Crippen LogP) is 6.67. The van der Waals surface area contributed by atoms with Crippen LogP contribution in [0, 0.1) is 0 Å². The lowest BCUT2D eigenvalue weighted by Gasteiger charge is -2.21. The summed E-state index contributed by atoms with van der Waals surface area (Å²) < 4.78 is 12.1. The van der Waals surface area contributed by atoms with Crippen LogP contribution in [0.5, 0.6) is 0 Å². The van der Waals surface area contributed by atoms with E-state index in [-0.39, 0.29) is 0 Å². The van der Waals surface area contributed by atoms with Crippen LogP contribution in [0.1, 0.15) is 13.8 Å². The first kappa shape index (κ1) is 18.1. The topological polar surface area (TPSA) is 18.5 Å². The molecule has 0 unspecified atom stereocenters. The molecule has 0 aliphatic carbocycles. The smallest absolute Gasteiger partial charge is 0.205 e. The third kappa shape index (κ3) is 3.49. The van der Waals surface area contributed by atoms with E-state index in [4.69, 9.17) is 9.05 Å². The molecule has 0 atom stereocenters. The van der Waals surface area contributed by atoms with Crippen LogP contribution in [0.15, 0.2) is 78.9 Å². The molecule has 0 saturated heterocycles. The second-order valence-corrected chi connectivity index (χ2v) is 7.81. The zero-order valence-electron chi connectivity index (χ0n) is 15.7. The summed E-state index contributed by atoms with van der Waals surface area (Å²) in [6.07, 6.45) is 0. The zero-order chi connectivity index (χ0) is 18.6. The van der Waals surface area contributed by atoms with Gasteiger partial charge < -0.3 is 9.05 Å². The molecule has 0 heterocycles. The van der Waals surface area contributed by atoms with E-state index in [1.807, 2.05) is 13.8 Å². The Balaban J connectivity index is 2.06. The van der Waals surface area contributed by atoms with Crippen molar-refractivity contribution in [2.24, 2.45) is 0 Å². The molecule has 3 heteroatoms. The first-order chi connectivity index (χ1) is 13.3. The molecule has 4 rings (SSSR count). The maximum atomic E-state index is 6.03. The van der Waals surface area contributed by atoms with Gasteiger partial charge in [0.25, 0.3) is 0 Å². The lowest BCUT2D eigenvalue weighted by Crippen LogP contribution is -2.10. The molecule has 4 aromatic rings. The normalized spacial score (nSPS) is 11.5.